The molecule has 174 valence electrons. The maximum atomic E-state index is 11.5. The molecule has 3 aromatic rings. The number of para-hydroxylation sites is 1. The molecule has 1 heterocycles. The molecule has 0 unspecified atom stereocenters. The number of nitro benzene ring substituents is 1. The summed E-state index contributed by atoms with van der Waals surface area (Å²) < 4.78 is 0. The maximum Gasteiger partial charge on any atom is 0.283 e. The summed E-state index contributed by atoms with van der Waals surface area (Å²) in [6.45, 7) is 0. The summed E-state index contributed by atoms with van der Waals surface area (Å²) in [6.07, 6.45) is 0.588. The zero-order valence-corrected chi connectivity index (χ0v) is 21.8. The predicted molar refractivity (Wildman–Crippen MR) is 142 cm³/mol. The Morgan fingerprint density at radius 1 is 0.941 bits per heavy atom. The molecule has 0 radical (unpaired) electrons. The van der Waals surface area contributed by atoms with E-state index in [9.17, 15) is 10.1 Å². The van der Waals surface area contributed by atoms with Gasteiger partial charge in [-0.15, -0.1) is 0 Å². The Morgan fingerprint density at radius 3 is 2.47 bits per heavy atom. The van der Waals surface area contributed by atoms with Crippen molar-refractivity contribution in [1.29, 1.82) is 0 Å². The molecule has 0 saturated carbocycles. The van der Waals surface area contributed by atoms with Crippen molar-refractivity contribution in [2.45, 2.75) is 23.3 Å². The van der Waals surface area contributed by atoms with Gasteiger partial charge in [0.05, 0.1) is 36.6 Å². The Morgan fingerprint density at radius 2 is 1.71 bits per heavy atom. The third-order valence-electron chi connectivity index (χ3n) is 6.15. The second-order valence-electron chi connectivity index (χ2n) is 8.06. The first kappa shape index (κ1) is 24.1. The lowest BCUT2D eigenvalue weighted by Gasteiger charge is -2.39. The Bertz CT molecular complexity index is 1360. The molecule has 3 atom stereocenters. The molecule has 4 nitrogen and oxygen atoms in total. The molecule has 1 N–H and O–H groups in total. The molecule has 0 fully saturated rings. The number of hydrogen-bond acceptors (Lipinski definition) is 4. The molecular formula is C24H15Cl5N2O2S. The minimum absolute atomic E-state index is 0.0317. The van der Waals surface area contributed by atoms with Gasteiger partial charge in [0.15, 0.2) is 0 Å². The largest absolute Gasteiger partial charge is 0.376 e. The van der Waals surface area contributed by atoms with Gasteiger partial charge in [-0.05, 0) is 47.7 Å². The van der Waals surface area contributed by atoms with Crippen LogP contribution in [0, 0.1) is 16.0 Å². The van der Waals surface area contributed by atoms with Crippen molar-refractivity contribution in [3.8, 4) is 0 Å². The molecule has 1 aliphatic carbocycles. The van der Waals surface area contributed by atoms with Crippen molar-refractivity contribution in [3.63, 3.8) is 0 Å². The summed E-state index contributed by atoms with van der Waals surface area (Å²) in [5.74, 6) is -0.241. The number of nitrogens with one attached hydrogen (secondary N) is 1. The number of benzene rings is 3. The summed E-state index contributed by atoms with van der Waals surface area (Å²) in [7, 11) is 0. The Balaban J connectivity index is 1.63. The van der Waals surface area contributed by atoms with Gasteiger partial charge in [-0.2, -0.15) is 0 Å². The highest BCUT2D eigenvalue weighted by atomic mass is 35.5. The van der Waals surface area contributed by atoms with Crippen LogP contribution in [0.4, 0.5) is 11.4 Å². The van der Waals surface area contributed by atoms with Gasteiger partial charge < -0.3 is 5.32 Å². The highest BCUT2D eigenvalue weighted by Gasteiger charge is 2.46. The van der Waals surface area contributed by atoms with Crippen LogP contribution < -0.4 is 5.32 Å². The van der Waals surface area contributed by atoms with E-state index >= 15 is 0 Å². The Kier molecular flexibility index (Phi) is 6.70. The van der Waals surface area contributed by atoms with E-state index in [0.717, 1.165) is 21.7 Å². The predicted octanol–water partition coefficient (Wildman–Crippen LogP) is 9.72. The van der Waals surface area contributed by atoms with Crippen LogP contribution in [0.25, 0.3) is 0 Å². The SMILES string of the molecule is O=[N+]([O-])c1ccccc1SC1=C(Cl)[C@@H]2c3cc(Cl)cc(Cl)c3N[C@H](c3cccc(Cl)c3Cl)[C@@H]2C1. The first-order valence-electron chi connectivity index (χ1n) is 10.3. The lowest BCUT2D eigenvalue weighted by Crippen LogP contribution is -2.30. The van der Waals surface area contributed by atoms with E-state index in [0.29, 0.717) is 36.4 Å². The molecule has 5 rings (SSSR count). The monoisotopic (exact) mass is 570 g/mol. The van der Waals surface area contributed by atoms with E-state index in [1.54, 1.807) is 30.3 Å². The number of halogens is 5. The van der Waals surface area contributed by atoms with E-state index in [1.807, 2.05) is 18.2 Å². The van der Waals surface area contributed by atoms with Crippen molar-refractivity contribution < 1.29 is 4.92 Å². The first-order chi connectivity index (χ1) is 16.3. The van der Waals surface area contributed by atoms with E-state index < -0.39 is 0 Å². The highest BCUT2D eigenvalue weighted by Crippen LogP contribution is 2.61. The fraction of sp³-hybridized carbons (Fsp3) is 0.167. The maximum absolute atomic E-state index is 11.5. The van der Waals surface area contributed by atoms with E-state index in [1.165, 1.54) is 17.8 Å². The molecule has 10 heteroatoms. The minimum atomic E-state index is -0.385. The summed E-state index contributed by atoms with van der Waals surface area (Å²) in [5.41, 5.74) is 2.50. The smallest absolute Gasteiger partial charge is 0.283 e. The summed E-state index contributed by atoms with van der Waals surface area (Å²) in [5, 5.41) is 17.6. The number of nitrogens with zero attached hydrogens (tertiary/aromatic N) is 1. The van der Waals surface area contributed by atoms with Gasteiger partial charge in [-0.25, -0.2) is 0 Å². The van der Waals surface area contributed by atoms with Crippen molar-refractivity contribution in [2.24, 2.45) is 5.92 Å². The number of rotatable bonds is 4. The average Bonchev–Trinajstić information content (AvgIpc) is 3.12. The molecule has 0 spiro atoms. The van der Waals surface area contributed by atoms with Crippen LogP contribution in [-0.2, 0) is 0 Å². The molecule has 0 amide bonds. The topological polar surface area (TPSA) is 55.2 Å². The highest BCUT2D eigenvalue weighted by molar-refractivity contribution is 8.03. The van der Waals surface area contributed by atoms with Crippen LogP contribution in [0.1, 0.15) is 29.5 Å². The molecule has 2 aliphatic rings. The molecule has 0 saturated heterocycles. The van der Waals surface area contributed by atoms with Crippen molar-refractivity contribution in [3.05, 3.63) is 106 Å². The van der Waals surface area contributed by atoms with E-state index in [4.69, 9.17) is 58.0 Å². The van der Waals surface area contributed by atoms with Gasteiger partial charge in [0.2, 0.25) is 0 Å². The van der Waals surface area contributed by atoms with Crippen molar-refractivity contribution >= 4 is 81.1 Å². The van der Waals surface area contributed by atoms with Crippen LogP contribution in [0.5, 0.6) is 0 Å². The minimum Gasteiger partial charge on any atom is -0.376 e. The number of anilines is 1. The van der Waals surface area contributed by atoms with E-state index in [2.05, 4.69) is 5.32 Å². The van der Waals surface area contributed by atoms with Crippen molar-refractivity contribution in [1.82, 2.24) is 0 Å². The third-order valence-corrected chi connectivity index (χ3v) is 9.27. The average molecular weight is 573 g/mol. The lowest BCUT2D eigenvalue weighted by molar-refractivity contribution is -0.387. The summed E-state index contributed by atoms with van der Waals surface area (Å²) in [6, 6.07) is 15.5. The molecule has 1 aliphatic heterocycles. The first-order valence-corrected chi connectivity index (χ1v) is 13.0. The van der Waals surface area contributed by atoms with Crippen LogP contribution >= 0.6 is 69.8 Å². The Labute approximate surface area is 225 Å². The van der Waals surface area contributed by atoms with Gasteiger partial charge in [0.1, 0.15) is 0 Å². The standard InChI is InChI=1S/C24H15Cl5N2O2S/c25-11-8-13-20-14(10-19(22(20)29)34-18-7-2-1-6-17(18)31(32)33)23(30-24(13)16(27)9-11)12-4-3-5-15(26)21(12)28/h1-9,14,20,23,30H,10H2/t14-,20-,23-/m1/s1. The summed E-state index contributed by atoms with van der Waals surface area (Å²) in [4.78, 5) is 12.6. The molecule has 0 bridgehead atoms. The van der Waals surface area contributed by atoms with Gasteiger partial charge in [0.25, 0.3) is 5.69 Å². The lowest BCUT2D eigenvalue weighted by atomic mass is 9.77. The second kappa shape index (κ2) is 9.45. The third kappa shape index (κ3) is 4.17. The van der Waals surface area contributed by atoms with E-state index in [-0.39, 0.29) is 28.5 Å². The fourth-order valence-electron chi connectivity index (χ4n) is 4.71. The Hall–Kier alpha value is -1.60. The molecular weight excluding hydrogens is 558 g/mol. The van der Waals surface area contributed by atoms with Crippen molar-refractivity contribution in [2.75, 3.05) is 5.32 Å². The number of nitro groups is 1. The van der Waals surface area contributed by atoms with Crippen LogP contribution in [0.3, 0.4) is 0 Å². The summed E-state index contributed by atoms with van der Waals surface area (Å²) >= 11 is 34.2. The van der Waals surface area contributed by atoms with Gasteiger partial charge in [-0.1, -0.05) is 94.0 Å². The van der Waals surface area contributed by atoms with Gasteiger partial charge in [-0.3, -0.25) is 10.1 Å². The number of thioether (sulfide) groups is 1. The fourth-order valence-corrected chi connectivity index (χ4v) is 7.33. The van der Waals surface area contributed by atoms with Crippen LogP contribution in [-0.4, -0.2) is 4.92 Å². The van der Waals surface area contributed by atoms with Gasteiger partial charge >= 0.3 is 0 Å². The zero-order chi connectivity index (χ0) is 24.1. The number of allylic oxidation sites excluding steroid dienone is 2. The molecule has 34 heavy (non-hydrogen) atoms. The quantitative estimate of drug-likeness (QED) is 0.250. The molecule has 3 aromatic carbocycles. The molecule has 0 aromatic heterocycles. The van der Waals surface area contributed by atoms with Gasteiger partial charge in [0, 0.05) is 26.9 Å². The number of hydrogen-bond donors (Lipinski definition) is 1. The zero-order valence-electron chi connectivity index (χ0n) is 17.2. The normalized spacial score (nSPS) is 21.1. The number of fused-ring (bicyclic) bond motifs is 3. The van der Waals surface area contributed by atoms with Crippen LogP contribution in [0.2, 0.25) is 20.1 Å². The second-order valence-corrected chi connectivity index (χ2v) is 11.2. The van der Waals surface area contributed by atoms with Crippen LogP contribution in [0.15, 0.2) is 69.4 Å².